The number of halogens is 4. The summed E-state index contributed by atoms with van der Waals surface area (Å²) in [5.41, 5.74) is 6.22. The number of anilines is 2. The van der Waals surface area contributed by atoms with Gasteiger partial charge in [-0.1, -0.05) is 25.4 Å². The maximum Gasteiger partial charge on any atom is 0.405 e. The van der Waals surface area contributed by atoms with Crippen LogP contribution in [0.15, 0.2) is 18.3 Å². The molecule has 0 aliphatic heterocycles. The van der Waals surface area contributed by atoms with Crippen molar-refractivity contribution < 1.29 is 22.6 Å². The van der Waals surface area contributed by atoms with Gasteiger partial charge >= 0.3 is 6.18 Å². The fourth-order valence-electron chi connectivity index (χ4n) is 2.14. The first-order valence-electron chi connectivity index (χ1n) is 7.59. The van der Waals surface area contributed by atoms with Gasteiger partial charge in [-0.05, 0) is 12.0 Å². The number of alkyl halides is 3. The van der Waals surface area contributed by atoms with Crippen LogP contribution in [-0.2, 0) is 0 Å². The van der Waals surface area contributed by atoms with Gasteiger partial charge in [0.25, 0.3) is 0 Å². The maximum atomic E-state index is 12.5. The van der Waals surface area contributed by atoms with Crippen LogP contribution in [0.2, 0.25) is 5.02 Å². The van der Waals surface area contributed by atoms with Crippen LogP contribution >= 0.6 is 11.6 Å². The zero-order valence-corrected chi connectivity index (χ0v) is 15.1. The Bertz CT molecular complexity index is 785. The normalized spacial score (nSPS) is 11.5. The van der Waals surface area contributed by atoms with Gasteiger partial charge in [0.05, 0.1) is 18.3 Å². The third-order valence-corrected chi connectivity index (χ3v) is 3.65. The molecule has 0 saturated heterocycles. The van der Waals surface area contributed by atoms with Crippen molar-refractivity contribution in [2.45, 2.75) is 25.9 Å². The number of benzene rings is 1. The number of nitrogens with zero attached hydrogens (tertiary/aromatic N) is 2. The molecule has 0 fully saturated rings. The first-order valence-corrected chi connectivity index (χ1v) is 7.97. The topological polar surface area (TPSA) is 82.3 Å². The molecule has 1 aromatic carbocycles. The largest absolute Gasteiger partial charge is 0.495 e. The van der Waals surface area contributed by atoms with Gasteiger partial charge in [0.2, 0.25) is 5.95 Å². The third-order valence-electron chi connectivity index (χ3n) is 3.36. The number of aromatic nitrogens is 2. The molecule has 142 valence electrons. The van der Waals surface area contributed by atoms with Crippen LogP contribution in [0.5, 0.6) is 17.2 Å². The minimum atomic E-state index is -4.43. The van der Waals surface area contributed by atoms with E-state index in [1.165, 1.54) is 19.4 Å². The molecule has 0 unspecified atom stereocenters. The fraction of sp³-hybridized carbons (Fsp3) is 0.375. The molecule has 3 N–H and O–H groups in total. The number of nitrogens with two attached hydrogens (primary N) is 1. The Morgan fingerprint density at radius 3 is 2.50 bits per heavy atom. The lowest BCUT2D eigenvalue weighted by atomic mass is 10.0. The van der Waals surface area contributed by atoms with Gasteiger partial charge in [-0.15, -0.1) is 0 Å². The molecule has 2 aromatic rings. The highest BCUT2D eigenvalue weighted by atomic mass is 35.5. The summed E-state index contributed by atoms with van der Waals surface area (Å²) in [6.07, 6.45) is -3.23. The predicted molar refractivity (Wildman–Crippen MR) is 93.2 cm³/mol. The van der Waals surface area contributed by atoms with Crippen LogP contribution < -0.4 is 20.5 Å². The number of hydrogen-bond donors (Lipinski definition) is 2. The summed E-state index contributed by atoms with van der Waals surface area (Å²) in [5, 5.41) is 2.46. The van der Waals surface area contributed by atoms with Crippen molar-refractivity contribution in [3.05, 3.63) is 28.9 Å². The second-order valence-corrected chi connectivity index (χ2v) is 6.10. The molecule has 26 heavy (non-hydrogen) atoms. The van der Waals surface area contributed by atoms with Gasteiger partial charge in [-0.25, -0.2) is 4.98 Å². The van der Waals surface area contributed by atoms with Crippen LogP contribution in [0.3, 0.4) is 0 Å². The van der Waals surface area contributed by atoms with Crippen LogP contribution in [0.1, 0.15) is 25.3 Å². The van der Waals surface area contributed by atoms with Crippen molar-refractivity contribution in [1.82, 2.24) is 9.97 Å². The smallest absolute Gasteiger partial charge is 0.405 e. The number of nitrogens with one attached hydrogen (secondary N) is 1. The molecule has 0 spiro atoms. The van der Waals surface area contributed by atoms with Crippen molar-refractivity contribution in [1.29, 1.82) is 0 Å². The summed E-state index contributed by atoms with van der Waals surface area (Å²) in [6.45, 7) is 2.57. The van der Waals surface area contributed by atoms with Crippen LogP contribution in [0.25, 0.3) is 0 Å². The number of rotatable bonds is 6. The fourth-order valence-corrected chi connectivity index (χ4v) is 2.37. The number of ether oxygens (including phenoxy) is 2. The zero-order valence-electron chi connectivity index (χ0n) is 14.3. The quantitative estimate of drug-likeness (QED) is 0.749. The first kappa shape index (κ1) is 19.9. The summed E-state index contributed by atoms with van der Waals surface area (Å²) >= 11 is 6.14. The molecule has 0 aliphatic carbocycles. The highest BCUT2D eigenvalue weighted by molar-refractivity contribution is 6.32. The van der Waals surface area contributed by atoms with E-state index in [1.54, 1.807) is 6.07 Å². The van der Waals surface area contributed by atoms with E-state index >= 15 is 0 Å². The lowest BCUT2D eigenvalue weighted by Crippen LogP contribution is -2.22. The van der Waals surface area contributed by atoms with E-state index in [4.69, 9.17) is 26.8 Å². The van der Waals surface area contributed by atoms with Gasteiger partial charge in [0.1, 0.15) is 18.0 Å². The van der Waals surface area contributed by atoms with Crippen molar-refractivity contribution in [2.24, 2.45) is 0 Å². The standard InChI is InChI=1S/C16H18ClF3N4O2/c1-8(2)9-4-12(25-3)10(17)5-11(9)26-13-6-22-15(21)24-14(13)23-7-16(18,19)20/h4-6,8H,7H2,1-3H3,(H3,21,22,23,24). The Kier molecular flexibility index (Phi) is 6.01. The van der Waals surface area contributed by atoms with Gasteiger partial charge in [0.15, 0.2) is 11.6 Å². The summed E-state index contributed by atoms with van der Waals surface area (Å²) < 4.78 is 48.4. The zero-order chi connectivity index (χ0) is 19.5. The monoisotopic (exact) mass is 390 g/mol. The molecule has 10 heteroatoms. The van der Waals surface area contributed by atoms with Crippen molar-refractivity contribution in [2.75, 3.05) is 24.7 Å². The van der Waals surface area contributed by atoms with Crippen molar-refractivity contribution in [3.63, 3.8) is 0 Å². The summed E-state index contributed by atoms with van der Waals surface area (Å²) in [4.78, 5) is 7.55. The number of hydrogen-bond acceptors (Lipinski definition) is 6. The third kappa shape index (κ3) is 5.04. The second kappa shape index (κ2) is 7.86. The number of nitrogen functional groups attached to an aromatic ring is 1. The molecular weight excluding hydrogens is 373 g/mol. The Hall–Kier alpha value is -2.42. The van der Waals surface area contributed by atoms with Crippen LogP contribution in [-0.4, -0.2) is 29.8 Å². The molecular formula is C16H18ClF3N4O2. The van der Waals surface area contributed by atoms with Crippen LogP contribution in [0.4, 0.5) is 24.9 Å². The van der Waals surface area contributed by atoms with Gasteiger partial charge in [-0.2, -0.15) is 18.2 Å². The Labute approximate surface area is 153 Å². The van der Waals surface area contributed by atoms with Crippen molar-refractivity contribution >= 4 is 23.4 Å². The van der Waals surface area contributed by atoms with E-state index in [9.17, 15) is 13.2 Å². The lowest BCUT2D eigenvalue weighted by Gasteiger charge is -2.18. The molecule has 0 amide bonds. The summed E-state index contributed by atoms with van der Waals surface area (Å²) in [5.74, 6) is 0.500. The first-order chi connectivity index (χ1) is 12.1. The van der Waals surface area contributed by atoms with Crippen LogP contribution in [0, 0.1) is 0 Å². The van der Waals surface area contributed by atoms with E-state index in [-0.39, 0.29) is 23.4 Å². The SMILES string of the molecule is COc1cc(C(C)C)c(Oc2cnc(N)nc2NCC(F)(F)F)cc1Cl. The van der Waals surface area contributed by atoms with Gasteiger partial charge in [0, 0.05) is 11.6 Å². The number of methoxy groups -OCH3 is 1. The lowest BCUT2D eigenvalue weighted by molar-refractivity contribution is -0.115. The van der Waals surface area contributed by atoms with E-state index in [2.05, 4.69) is 15.3 Å². The average Bonchev–Trinajstić information content (AvgIpc) is 2.54. The Morgan fingerprint density at radius 2 is 1.92 bits per heavy atom. The summed E-state index contributed by atoms with van der Waals surface area (Å²) in [6, 6.07) is 3.24. The van der Waals surface area contributed by atoms with E-state index < -0.39 is 12.7 Å². The highest BCUT2D eigenvalue weighted by Crippen LogP contribution is 2.39. The molecule has 6 nitrogen and oxygen atoms in total. The minimum Gasteiger partial charge on any atom is -0.495 e. The summed E-state index contributed by atoms with van der Waals surface area (Å²) in [7, 11) is 1.48. The van der Waals surface area contributed by atoms with Crippen molar-refractivity contribution in [3.8, 4) is 17.2 Å². The average molecular weight is 391 g/mol. The molecule has 0 aliphatic rings. The molecule has 0 bridgehead atoms. The second-order valence-electron chi connectivity index (χ2n) is 5.69. The predicted octanol–water partition coefficient (Wildman–Crippen LogP) is 4.61. The molecule has 0 atom stereocenters. The molecule has 0 saturated carbocycles. The maximum absolute atomic E-state index is 12.5. The molecule has 1 aromatic heterocycles. The highest BCUT2D eigenvalue weighted by Gasteiger charge is 2.28. The molecule has 2 rings (SSSR count). The Morgan fingerprint density at radius 1 is 1.23 bits per heavy atom. The van der Waals surface area contributed by atoms with E-state index in [0.29, 0.717) is 16.5 Å². The van der Waals surface area contributed by atoms with E-state index in [0.717, 1.165) is 5.56 Å². The van der Waals surface area contributed by atoms with E-state index in [1.807, 2.05) is 13.8 Å². The molecule has 1 heterocycles. The van der Waals surface area contributed by atoms with Gasteiger partial charge in [-0.3, -0.25) is 0 Å². The Balaban J connectivity index is 2.40. The van der Waals surface area contributed by atoms with Gasteiger partial charge < -0.3 is 20.5 Å². The minimum absolute atomic E-state index is 0.00779. The molecule has 0 radical (unpaired) electrons.